The van der Waals surface area contributed by atoms with Crippen LogP contribution in [0.1, 0.15) is 0 Å². The van der Waals surface area contributed by atoms with Gasteiger partial charge in [-0.2, -0.15) is 0 Å². The molecule has 6 heteroatoms. The molecule has 2 N–H and O–H groups in total. The van der Waals surface area contributed by atoms with E-state index in [1.807, 2.05) is 0 Å². The molecule has 3 rings (SSSR count). The Morgan fingerprint density at radius 1 is 0.562 bits per heavy atom. The van der Waals surface area contributed by atoms with Gasteiger partial charge in [-0.15, -0.1) is 0 Å². The molecule has 16 heavy (non-hydrogen) atoms. The second-order valence-electron chi connectivity index (χ2n) is 4.42. The van der Waals surface area contributed by atoms with E-state index in [2.05, 4.69) is 10.6 Å². The van der Waals surface area contributed by atoms with Crippen LogP contribution in [0.3, 0.4) is 0 Å². The van der Waals surface area contributed by atoms with E-state index >= 15 is 0 Å². The third-order valence-corrected chi connectivity index (χ3v) is 3.20. The third-order valence-electron chi connectivity index (χ3n) is 3.20. The van der Waals surface area contributed by atoms with Crippen LogP contribution in [0.4, 0.5) is 0 Å². The Kier molecular flexibility index (Phi) is 2.87. The molecular formula is C10H18N2O4. The van der Waals surface area contributed by atoms with Crippen LogP contribution < -0.4 is 10.6 Å². The average Bonchev–Trinajstić information content (AvgIpc) is 2.87. The first-order chi connectivity index (χ1) is 7.83. The minimum Gasteiger partial charge on any atom is -0.345 e. The Morgan fingerprint density at radius 3 is 1.19 bits per heavy atom. The zero-order chi connectivity index (χ0) is 10.9. The van der Waals surface area contributed by atoms with Crippen molar-refractivity contribution in [2.75, 3.05) is 52.6 Å². The number of rotatable bonds is 0. The van der Waals surface area contributed by atoms with E-state index in [4.69, 9.17) is 18.9 Å². The van der Waals surface area contributed by atoms with Crippen molar-refractivity contribution in [1.29, 1.82) is 0 Å². The van der Waals surface area contributed by atoms with Crippen molar-refractivity contribution in [3.05, 3.63) is 0 Å². The van der Waals surface area contributed by atoms with Gasteiger partial charge in [-0.25, -0.2) is 0 Å². The van der Waals surface area contributed by atoms with Crippen LogP contribution in [0.15, 0.2) is 0 Å². The van der Waals surface area contributed by atoms with Crippen molar-refractivity contribution >= 4 is 0 Å². The highest BCUT2D eigenvalue weighted by Gasteiger charge is 2.43. The molecule has 0 saturated carbocycles. The molecular weight excluding hydrogens is 212 g/mol. The van der Waals surface area contributed by atoms with Gasteiger partial charge in [0.2, 0.25) is 0 Å². The Bertz CT molecular complexity index is 211. The van der Waals surface area contributed by atoms with Crippen LogP contribution in [0, 0.1) is 0 Å². The highest BCUT2D eigenvalue weighted by molar-refractivity contribution is 4.88. The first kappa shape index (κ1) is 10.9. The van der Waals surface area contributed by atoms with E-state index < -0.39 is 11.6 Å². The summed E-state index contributed by atoms with van der Waals surface area (Å²) in [6, 6.07) is 0. The van der Waals surface area contributed by atoms with Crippen molar-refractivity contribution in [1.82, 2.24) is 10.6 Å². The van der Waals surface area contributed by atoms with E-state index in [-0.39, 0.29) is 0 Å². The summed E-state index contributed by atoms with van der Waals surface area (Å²) >= 11 is 0. The number of hydrogen-bond acceptors (Lipinski definition) is 6. The highest BCUT2D eigenvalue weighted by atomic mass is 16.7. The summed E-state index contributed by atoms with van der Waals surface area (Å²) in [6.45, 7) is 5.32. The summed E-state index contributed by atoms with van der Waals surface area (Å²) in [5.74, 6) is -1.000. The SMILES string of the molecule is C1COC2(CNCC3(CNC2)OCCO3)O1. The number of nitrogens with one attached hydrogen (secondary N) is 2. The number of hydrogen-bond donors (Lipinski definition) is 2. The summed E-state index contributed by atoms with van der Waals surface area (Å²) in [5, 5.41) is 6.63. The Labute approximate surface area is 94.6 Å². The van der Waals surface area contributed by atoms with Gasteiger partial charge < -0.3 is 29.6 Å². The second-order valence-corrected chi connectivity index (χ2v) is 4.42. The van der Waals surface area contributed by atoms with Crippen LogP contribution in [0.5, 0.6) is 0 Å². The minimum absolute atomic E-state index is 0.500. The molecule has 0 atom stereocenters. The van der Waals surface area contributed by atoms with Gasteiger partial charge >= 0.3 is 0 Å². The largest absolute Gasteiger partial charge is 0.345 e. The van der Waals surface area contributed by atoms with Crippen LogP contribution in [-0.2, 0) is 18.9 Å². The van der Waals surface area contributed by atoms with Crippen molar-refractivity contribution in [3.8, 4) is 0 Å². The molecule has 3 saturated heterocycles. The lowest BCUT2D eigenvalue weighted by Gasteiger charge is -2.36. The fourth-order valence-corrected chi connectivity index (χ4v) is 2.41. The first-order valence-electron chi connectivity index (χ1n) is 5.80. The normalized spacial score (nSPS) is 33.0. The maximum Gasteiger partial charge on any atom is 0.193 e. The molecule has 0 aromatic rings. The summed E-state index contributed by atoms with van der Waals surface area (Å²) in [7, 11) is 0. The zero-order valence-corrected chi connectivity index (χ0v) is 9.29. The standard InChI is InChI=1S/C10H18N2O4/c1-2-14-9(13-1)5-11-7-10(8-12-6-9)15-3-4-16-10/h11-12H,1-8H2. The molecule has 6 nitrogen and oxygen atoms in total. The van der Waals surface area contributed by atoms with Crippen LogP contribution >= 0.6 is 0 Å². The molecule has 3 aliphatic rings. The summed E-state index contributed by atoms with van der Waals surface area (Å²) in [6.07, 6.45) is 0. The molecule has 0 aliphatic carbocycles. The lowest BCUT2D eigenvalue weighted by molar-refractivity contribution is -0.186. The monoisotopic (exact) mass is 230 g/mol. The maximum atomic E-state index is 5.64. The minimum atomic E-state index is -0.500. The van der Waals surface area contributed by atoms with Gasteiger partial charge in [-0.1, -0.05) is 0 Å². The van der Waals surface area contributed by atoms with Gasteiger partial charge in [0.1, 0.15) is 0 Å². The molecule has 3 fully saturated rings. The Hall–Kier alpha value is -0.240. The van der Waals surface area contributed by atoms with Crippen molar-refractivity contribution < 1.29 is 18.9 Å². The average molecular weight is 230 g/mol. The van der Waals surface area contributed by atoms with Crippen molar-refractivity contribution in [2.45, 2.75) is 11.6 Å². The van der Waals surface area contributed by atoms with Crippen LogP contribution in [0.25, 0.3) is 0 Å². The van der Waals surface area contributed by atoms with Gasteiger partial charge in [-0.05, 0) is 0 Å². The molecule has 2 spiro atoms. The molecule has 0 unspecified atom stereocenters. The first-order valence-corrected chi connectivity index (χ1v) is 5.80. The van der Waals surface area contributed by atoms with Gasteiger partial charge in [0.05, 0.1) is 52.6 Å². The fraction of sp³-hybridized carbons (Fsp3) is 1.00. The maximum absolute atomic E-state index is 5.64. The molecule has 3 aliphatic heterocycles. The summed E-state index contributed by atoms with van der Waals surface area (Å²) in [5.41, 5.74) is 0. The van der Waals surface area contributed by atoms with E-state index in [1.165, 1.54) is 0 Å². The third kappa shape index (κ3) is 1.97. The molecule has 0 radical (unpaired) electrons. The topological polar surface area (TPSA) is 61.0 Å². The molecule has 0 bridgehead atoms. The lowest BCUT2D eigenvalue weighted by Crippen LogP contribution is -2.60. The Balaban J connectivity index is 1.62. The lowest BCUT2D eigenvalue weighted by atomic mass is 10.2. The molecule has 0 aromatic carbocycles. The van der Waals surface area contributed by atoms with Gasteiger partial charge in [0, 0.05) is 0 Å². The van der Waals surface area contributed by atoms with Crippen molar-refractivity contribution in [3.63, 3.8) is 0 Å². The summed E-state index contributed by atoms with van der Waals surface area (Å²) < 4.78 is 22.6. The number of ether oxygens (including phenoxy) is 4. The quantitative estimate of drug-likeness (QED) is 0.537. The van der Waals surface area contributed by atoms with Crippen LogP contribution in [-0.4, -0.2) is 64.2 Å². The van der Waals surface area contributed by atoms with E-state index in [1.54, 1.807) is 0 Å². The molecule has 0 amide bonds. The summed E-state index contributed by atoms with van der Waals surface area (Å²) in [4.78, 5) is 0. The predicted molar refractivity (Wildman–Crippen MR) is 55.0 cm³/mol. The Morgan fingerprint density at radius 2 is 0.875 bits per heavy atom. The van der Waals surface area contributed by atoms with Crippen molar-refractivity contribution in [2.24, 2.45) is 0 Å². The zero-order valence-electron chi connectivity index (χ0n) is 9.29. The predicted octanol–water partition coefficient (Wildman–Crippen LogP) is -1.33. The van der Waals surface area contributed by atoms with E-state index in [9.17, 15) is 0 Å². The highest BCUT2D eigenvalue weighted by Crippen LogP contribution is 2.23. The molecule has 92 valence electrons. The van der Waals surface area contributed by atoms with Gasteiger partial charge in [0.15, 0.2) is 11.6 Å². The fourth-order valence-electron chi connectivity index (χ4n) is 2.41. The molecule has 3 heterocycles. The molecule has 0 aromatic heterocycles. The smallest absolute Gasteiger partial charge is 0.193 e. The second kappa shape index (κ2) is 4.21. The van der Waals surface area contributed by atoms with E-state index in [0.717, 1.165) is 0 Å². The van der Waals surface area contributed by atoms with E-state index in [0.29, 0.717) is 52.6 Å². The van der Waals surface area contributed by atoms with Gasteiger partial charge in [-0.3, -0.25) is 0 Å². The van der Waals surface area contributed by atoms with Crippen LogP contribution in [0.2, 0.25) is 0 Å². The van der Waals surface area contributed by atoms with Gasteiger partial charge in [0.25, 0.3) is 0 Å².